The van der Waals surface area contributed by atoms with Crippen molar-refractivity contribution in [2.45, 2.75) is 6.54 Å². The van der Waals surface area contributed by atoms with Gasteiger partial charge in [0.15, 0.2) is 11.6 Å². The smallest absolute Gasteiger partial charge is 0.273 e. The van der Waals surface area contributed by atoms with Crippen LogP contribution >= 0.6 is 11.6 Å². The van der Waals surface area contributed by atoms with Crippen molar-refractivity contribution >= 4 is 23.3 Å². The number of aromatic nitrogens is 4. The molecule has 3 N–H and O–H groups in total. The molecule has 0 aliphatic carbocycles. The molecule has 0 aliphatic heterocycles. The summed E-state index contributed by atoms with van der Waals surface area (Å²) in [5, 5.41) is 10.3. The van der Waals surface area contributed by atoms with Gasteiger partial charge in [-0.3, -0.25) is 14.9 Å². The first-order chi connectivity index (χ1) is 11.1. The molecule has 1 amide bonds. The number of amides is 1. The highest BCUT2D eigenvalue weighted by atomic mass is 35.5. The Kier molecular flexibility index (Phi) is 3.98. The lowest BCUT2D eigenvalue weighted by Gasteiger charge is -2.14. The zero-order valence-corrected chi connectivity index (χ0v) is 12.9. The summed E-state index contributed by atoms with van der Waals surface area (Å²) < 4.78 is 5.26. The summed E-state index contributed by atoms with van der Waals surface area (Å²) in [7, 11) is 1.61. The van der Waals surface area contributed by atoms with Crippen LogP contribution in [0.2, 0.25) is 5.02 Å². The largest absolute Gasteiger partial charge is 0.381 e. The molecule has 0 saturated carbocycles. The quantitative estimate of drug-likeness (QED) is 0.755. The maximum Gasteiger partial charge on any atom is 0.273 e. The van der Waals surface area contributed by atoms with E-state index in [1.54, 1.807) is 25.5 Å². The molecule has 0 bridgehead atoms. The molecule has 9 heteroatoms. The fourth-order valence-electron chi connectivity index (χ4n) is 2.02. The molecule has 0 aromatic carbocycles. The van der Waals surface area contributed by atoms with Gasteiger partial charge in [0.05, 0.1) is 6.54 Å². The number of carbonyl (C=O) groups excluding carboxylic acids is 1. The molecule has 3 heterocycles. The molecule has 0 aliphatic rings. The Morgan fingerprint density at radius 1 is 1.52 bits per heavy atom. The van der Waals surface area contributed by atoms with Crippen molar-refractivity contribution in [1.29, 1.82) is 0 Å². The summed E-state index contributed by atoms with van der Waals surface area (Å²) in [4.78, 5) is 17.8. The average molecular weight is 333 g/mol. The van der Waals surface area contributed by atoms with Crippen LogP contribution in [-0.2, 0) is 6.54 Å². The van der Waals surface area contributed by atoms with E-state index in [2.05, 4.69) is 20.3 Å². The second-order valence-electron chi connectivity index (χ2n) is 4.88. The second kappa shape index (κ2) is 6.09. The van der Waals surface area contributed by atoms with E-state index in [-0.39, 0.29) is 29.0 Å². The third-order valence-electron chi connectivity index (χ3n) is 3.20. The van der Waals surface area contributed by atoms with Crippen molar-refractivity contribution in [2.75, 3.05) is 12.8 Å². The van der Waals surface area contributed by atoms with Crippen molar-refractivity contribution in [3.05, 3.63) is 47.1 Å². The first-order valence-electron chi connectivity index (χ1n) is 6.67. The van der Waals surface area contributed by atoms with Crippen LogP contribution < -0.4 is 5.73 Å². The zero-order chi connectivity index (χ0) is 16.4. The Morgan fingerprint density at radius 3 is 3.00 bits per heavy atom. The van der Waals surface area contributed by atoms with Gasteiger partial charge in [-0.15, -0.1) is 0 Å². The lowest BCUT2D eigenvalue weighted by atomic mass is 10.2. The van der Waals surface area contributed by atoms with E-state index in [1.807, 2.05) is 12.1 Å². The molecule has 0 spiro atoms. The first kappa shape index (κ1) is 15.0. The number of aromatic amines is 1. The molecule has 0 saturated heterocycles. The van der Waals surface area contributed by atoms with Crippen LogP contribution in [0.3, 0.4) is 0 Å². The third-order valence-corrected chi connectivity index (χ3v) is 3.58. The summed E-state index contributed by atoms with van der Waals surface area (Å²) in [6, 6.07) is 5.43. The number of nitrogens with one attached hydrogen (secondary N) is 1. The minimum Gasteiger partial charge on any atom is -0.381 e. The number of pyridine rings is 1. The maximum atomic E-state index is 12.3. The standard InChI is InChI=1S/C14H13ClN6O2/c1-21(14(22)12-11(15)13(16)19-18-12)7-9-5-10(20-23-9)8-3-2-4-17-6-8/h2-6H,7H2,1H3,(H3,16,18,19). The minimum atomic E-state index is -0.349. The Labute approximate surface area is 136 Å². The molecule has 118 valence electrons. The summed E-state index contributed by atoms with van der Waals surface area (Å²) in [5.41, 5.74) is 7.14. The number of nitrogens with two attached hydrogens (primary N) is 1. The lowest BCUT2D eigenvalue weighted by molar-refractivity contribution is 0.0766. The Morgan fingerprint density at radius 2 is 2.35 bits per heavy atom. The zero-order valence-electron chi connectivity index (χ0n) is 12.2. The van der Waals surface area contributed by atoms with Gasteiger partial charge < -0.3 is 15.2 Å². The molecule has 0 atom stereocenters. The number of anilines is 1. The maximum absolute atomic E-state index is 12.3. The summed E-state index contributed by atoms with van der Waals surface area (Å²) >= 11 is 5.93. The number of nitrogen functional groups attached to an aromatic ring is 1. The van der Waals surface area contributed by atoms with E-state index in [0.29, 0.717) is 11.5 Å². The number of hydrogen-bond donors (Lipinski definition) is 2. The summed E-state index contributed by atoms with van der Waals surface area (Å²) in [6.07, 6.45) is 3.36. The van der Waals surface area contributed by atoms with E-state index in [4.69, 9.17) is 21.9 Å². The van der Waals surface area contributed by atoms with Gasteiger partial charge in [-0.25, -0.2) is 0 Å². The Balaban J connectivity index is 1.73. The summed E-state index contributed by atoms with van der Waals surface area (Å²) in [5.74, 6) is 0.267. The van der Waals surface area contributed by atoms with Crippen molar-refractivity contribution in [2.24, 2.45) is 0 Å². The average Bonchev–Trinajstić information content (AvgIpc) is 3.15. The van der Waals surface area contributed by atoms with Gasteiger partial charge in [-0.05, 0) is 12.1 Å². The molecule has 8 nitrogen and oxygen atoms in total. The van der Waals surface area contributed by atoms with Crippen LogP contribution in [0.1, 0.15) is 16.2 Å². The van der Waals surface area contributed by atoms with Crippen molar-refractivity contribution in [3.63, 3.8) is 0 Å². The van der Waals surface area contributed by atoms with Gasteiger partial charge in [-0.1, -0.05) is 16.8 Å². The summed E-state index contributed by atoms with van der Waals surface area (Å²) in [6.45, 7) is 0.224. The Hall–Kier alpha value is -2.87. The second-order valence-corrected chi connectivity index (χ2v) is 5.26. The number of halogens is 1. The number of hydrogen-bond acceptors (Lipinski definition) is 6. The fourth-order valence-corrected chi connectivity index (χ4v) is 2.18. The van der Waals surface area contributed by atoms with Gasteiger partial charge >= 0.3 is 0 Å². The molecule has 0 unspecified atom stereocenters. The van der Waals surface area contributed by atoms with E-state index in [1.165, 1.54) is 4.90 Å². The normalized spacial score (nSPS) is 10.7. The predicted molar refractivity (Wildman–Crippen MR) is 83.5 cm³/mol. The number of nitrogens with zero attached hydrogens (tertiary/aromatic N) is 4. The van der Waals surface area contributed by atoms with Gasteiger partial charge in [0.2, 0.25) is 0 Å². The number of rotatable bonds is 4. The topological polar surface area (TPSA) is 114 Å². The van der Waals surface area contributed by atoms with Crippen molar-refractivity contribution in [1.82, 2.24) is 25.2 Å². The van der Waals surface area contributed by atoms with E-state index >= 15 is 0 Å². The van der Waals surface area contributed by atoms with Crippen LogP contribution in [0.5, 0.6) is 0 Å². The van der Waals surface area contributed by atoms with E-state index in [0.717, 1.165) is 5.56 Å². The highest BCUT2D eigenvalue weighted by molar-refractivity contribution is 6.35. The van der Waals surface area contributed by atoms with Gasteiger partial charge in [0.25, 0.3) is 5.91 Å². The predicted octanol–water partition coefficient (Wildman–Crippen LogP) is 1.97. The van der Waals surface area contributed by atoms with Gasteiger partial charge in [0.1, 0.15) is 16.4 Å². The highest BCUT2D eigenvalue weighted by Crippen LogP contribution is 2.22. The van der Waals surface area contributed by atoms with Crippen LogP contribution in [0.25, 0.3) is 11.3 Å². The van der Waals surface area contributed by atoms with Crippen molar-refractivity contribution in [3.8, 4) is 11.3 Å². The fraction of sp³-hybridized carbons (Fsp3) is 0.143. The molecule has 3 rings (SSSR count). The molecule has 0 fully saturated rings. The molecule has 0 radical (unpaired) electrons. The monoisotopic (exact) mass is 332 g/mol. The van der Waals surface area contributed by atoms with E-state index in [9.17, 15) is 4.79 Å². The van der Waals surface area contributed by atoms with Crippen LogP contribution in [-0.4, -0.2) is 38.2 Å². The number of H-pyrrole nitrogens is 1. The van der Waals surface area contributed by atoms with Crippen LogP contribution in [0.4, 0.5) is 5.82 Å². The number of carbonyl (C=O) groups is 1. The molecular formula is C14H13ClN6O2. The van der Waals surface area contributed by atoms with Crippen LogP contribution in [0, 0.1) is 0 Å². The minimum absolute atomic E-state index is 0.0851. The third kappa shape index (κ3) is 3.02. The highest BCUT2D eigenvalue weighted by Gasteiger charge is 2.21. The van der Waals surface area contributed by atoms with Gasteiger partial charge in [0, 0.05) is 31.1 Å². The lowest BCUT2D eigenvalue weighted by Crippen LogP contribution is -2.26. The first-order valence-corrected chi connectivity index (χ1v) is 7.05. The van der Waals surface area contributed by atoms with Crippen molar-refractivity contribution < 1.29 is 9.32 Å². The SMILES string of the molecule is CN(Cc1cc(-c2cccnc2)no1)C(=O)c1[nH]nc(N)c1Cl. The molecule has 3 aromatic heterocycles. The molecule has 23 heavy (non-hydrogen) atoms. The van der Waals surface area contributed by atoms with Gasteiger partial charge in [-0.2, -0.15) is 5.10 Å². The van der Waals surface area contributed by atoms with E-state index < -0.39 is 0 Å². The Bertz CT molecular complexity index is 829. The molecule has 3 aromatic rings. The van der Waals surface area contributed by atoms with Crippen LogP contribution in [0.15, 0.2) is 35.1 Å². The molecular weight excluding hydrogens is 320 g/mol.